The Balaban J connectivity index is 1.94. The standard InChI is InChI=1S/C16H26N4O2/c1-12(14-10-17-7-8-18-14)19(5)13-6-9-20(11-13)15(21)22-16(2,3)4/h7-8,10,12-13H,6,9,11H2,1-5H3/t12-,13+/m1/s1. The zero-order valence-corrected chi connectivity index (χ0v) is 14.1. The second-order valence-electron chi connectivity index (χ2n) is 6.84. The molecule has 0 aliphatic carbocycles. The number of hydrogen-bond acceptors (Lipinski definition) is 5. The van der Waals surface area contributed by atoms with Crippen LogP contribution in [0, 0.1) is 0 Å². The van der Waals surface area contributed by atoms with Crippen molar-refractivity contribution in [2.24, 2.45) is 0 Å². The second-order valence-corrected chi connectivity index (χ2v) is 6.84. The Morgan fingerprint density at radius 1 is 1.45 bits per heavy atom. The molecule has 1 aliphatic heterocycles. The third kappa shape index (κ3) is 4.16. The molecule has 122 valence electrons. The van der Waals surface area contributed by atoms with Crippen LogP contribution in [0.25, 0.3) is 0 Å². The van der Waals surface area contributed by atoms with E-state index in [1.54, 1.807) is 23.5 Å². The molecule has 0 radical (unpaired) electrons. The molecule has 0 aromatic carbocycles. The van der Waals surface area contributed by atoms with Gasteiger partial charge in [-0.3, -0.25) is 14.9 Å². The molecule has 1 aromatic rings. The number of carbonyl (C=O) groups is 1. The average Bonchev–Trinajstić information content (AvgIpc) is 2.95. The second kappa shape index (κ2) is 6.60. The molecule has 0 spiro atoms. The van der Waals surface area contributed by atoms with Gasteiger partial charge in [0.15, 0.2) is 0 Å². The highest BCUT2D eigenvalue weighted by Gasteiger charge is 2.33. The van der Waals surface area contributed by atoms with Crippen molar-refractivity contribution in [2.45, 2.75) is 51.8 Å². The summed E-state index contributed by atoms with van der Waals surface area (Å²) in [5, 5.41) is 0. The highest BCUT2D eigenvalue weighted by molar-refractivity contribution is 5.68. The van der Waals surface area contributed by atoms with Gasteiger partial charge < -0.3 is 9.64 Å². The van der Waals surface area contributed by atoms with E-state index in [2.05, 4.69) is 28.8 Å². The summed E-state index contributed by atoms with van der Waals surface area (Å²) in [7, 11) is 2.07. The van der Waals surface area contributed by atoms with E-state index in [1.807, 2.05) is 20.8 Å². The SMILES string of the molecule is C[C@H](c1cnccn1)N(C)[C@H]1CCN(C(=O)OC(C)(C)C)C1. The molecule has 2 atom stereocenters. The van der Waals surface area contributed by atoms with Gasteiger partial charge in [-0.1, -0.05) is 0 Å². The molecule has 22 heavy (non-hydrogen) atoms. The number of ether oxygens (including phenoxy) is 1. The first-order valence-corrected chi connectivity index (χ1v) is 7.73. The van der Waals surface area contributed by atoms with Crippen LogP contribution < -0.4 is 0 Å². The van der Waals surface area contributed by atoms with Crippen LogP contribution in [0.15, 0.2) is 18.6 Å². The van der Waals surface area contributed by atoms with Crippen LogP contribution in [0.1, 0.15) is 45.9 Å². The van der Waals surface area contributed by atoms with Crippen molar-refractivity contribution in [1.29, 1.82) is 0 Å². The van der Waals surface area contributed by atoms with Crippen molar-refractivity contribution in [2.75, 3.05) is 20.1 Å². The maximum absolute atomic E-state index is 12.1. The lowest BCUT2D eigenvalue weighted by Crippen LogP contribution is -2.40. The predicted molar refractivity (Wildman–Crippen MR) is 84.4 cm³/mol. The molecular formula is C16H26N4O2. The van der Waals surface area contributed by atoms with Crippen LogP contribution in [0.5, 0.6) is 0 Å². The molecule has 1 saturated heterocycles. The van der Waals surface area contributed by atoms with Gasteiger partial charge in [-0.25, -0.2) is 4.79 Å². The van der Waals surface area contributed by atoms with Gasteiger partial charge in [-0.2, -0.15) is 0 Å². The molecule has 0 bridgehead atoms. The van der Waals surface area contributed by atoms with E-state index >= 15 is 0 Å². The Labute approximate surface area is 132 Å². The molecule has 1 amide bonds. The van der Waals surface area contributed by atoms with Crippen molar-refractivity contribution in [3.63, 3.8) is 0 Å². The molecule has 0 N–H and O–H groups in total. The molecule has 6 nitrogen and oxygen atoms in total. The molecule has 0 unspecified atom stereocenters. The number of nitrogens with zero attached hydrogens (tertiary/aromatic N) is 4. The fourth-order valence-electron chi connectivity index (χ4n) is 2.62. The summed E-state index contributed by atoms with van der Waals surface area (Å²) < 4.78 is 5.44. The molecule has 6 heteroatoms. The summed E-state index contributed by atoms with van der Waals surface area (Å²) >= 11 is 0. The lowest BCUT2D eigenvalue weighted by Gasteiger charge is -2.30. The lowest BCUT2D eigenvalue weighted by molar-refractivity contribution is 0.0278. The Hall–Kier alpha value is -1.69. The third-order valence-corrected chi connectivity index (χ3v) is 4.01. The van der Waals surface area contributed by atoms with E-state index in [-0.39, 0.29) is 12.1 Å². The summed E-state index contributed by atoms with van der Waals surface area (Å²) in [4.78, 5) is 24.7. The Kier molecular flexibility index (Phi) is 5.01. The minimum Gasteiger partial charge on any atom is -0.444 e. The van der Waals surface area contributed by atoms with E-state index in [4.69, 9.17) is 4.74 Å². The van der Waals surface area contributed by atoms with Crippen LogP contribution in [-0.4, -0.2) is 57.6 Å². The van der Waals surface area contributed by atoms with Crippen molar-refractivity contribution in [1.82, 2.24) is 19.8 Å². The fourth-order valence-corrected chi connectivity index (χ4v) is 2.62. The minimum absolute atomic E-state index is 0.164. The van der Waals surface area contributed by atoms with Crippen LogP contribution in [0.3, 0.4) is 0 Å². The maximum Gasteiger partial charge on any atom is 0.410 e. The van der Waals surface area contributed by atoms with Crippen LogP contribution in [0.4, 0.5) is 4.79 Å². The highest BCUT2D eigenvalue weighted by atomic mass is 16.6. The minimum atomic E-state index is -0.450. The first-order chi connectivity index (χ1) is 10.3. The van der Waals surface area contributed by atoms with Gasteiger partial charge >= 0.3 is 6.09 Å². The maximum atomic E-state index is 12.1. The summed E-state index contributed by atoms with van der Waals surface area (Å²) in [5.41, 5.74) is 0.495. The van der Waals surface area contributed by atoms with Crippen LogP contribution in [0.2, 0.25) is 0 Å². The molecule has 2 heterocycles. The largest absolute Gasteiger partial charge is 0.444 e. The monoisotopic (exact) mass is 306 g/mol. The Morgan fingerprint density at radius 2 is 2.18 bits per heavy atom. The molecular weight excluding hydrogens is 280 g/mol. The predicted octanol–water partition coefficient (Wildman–Crippen LogP) is 2.48. The summed E-state index contributed by atoms with van der Waals surface area (Å²) in [6, 6.07) is 0.474. The zero-order chi connectivity index (χ0) is 16.3. The highest BCUT2D eigenvalue weighted by Crippen LogP contribution is 2.24. The van der Waals surface area contributed by atoms with Gasteiger partial charge in [0.2, 0.25) is 0 Å². The van der Waals surface area contributed by atoms with Crippen LogP contribution in [-0.2, 0) is 4.74 Å². The van der Waals surface area contributed by atoms with E-state index in [9.17, 15) is 4.79 Å². The first-order valence-electron chi connectivity index (χ1n) is 7.73. The Bertz CT molecular complexity index is 501. The van der Waals surface area contributed by atoms with Gasteiger partial charge in [0.1, 0.15) is 5.60 Å². The van der Waals surface area contributed by atoms with Crippen LogP contribution >= 0.6 is 0 Å². The Morgan fingerprint density at radius 3 is 2.77 bits per heavy atom. The van der Waals surface area contributed by atoms with E-state index in [1.165, 1.54) is 0 Å². The lowest BCUT2D eigenvalue weighted by atomic mass is 10.1. The van der Waals surface area contributed by atoms with E-state index in [0.717, 1.165) is 18.7 Å². The number of aromatic nitrogens is 2. The number of rotatable bonds is 3. The number of amides is 1. The van der Waals surface area contributed by atoms with Gasteiger partial charge in [0, 0.05) is 37.7 Å². The summed E-state index contributed by atoms with van der Waals surface area (Å²) in [5.74, 6) is 0. The van der Waals surface area contributed by atoms with E-state index in [0.29, 0.717) is 12.6 Å². The van der Waals surface area contributed by atoms with Crippen molar-refractivity contribution in [3.8, 4) is 0 Å². The van der Waals surface area contributed by atoms with Crippen molar-refractivity contribution < 1.29 is 9.53 Å². The smallest absolute Gasteiger partial charge is 0.410 e. The topological polar surface area (TPSA) is 58.6 Å². The van der Waals surface area contributed by atoms with Crippen molar-refractivity contribution in [3.05, 3.63) is 24.3 Å². The summed E-state index contributed by atoms with van der Waals surface area (Å²) in [6.07, 6.45) is 5.90. The molecule has 0 saturated carbocycles. The number of hydrogen-bond donors (Lipinski definition) is 0. The third-order valence-electron chi connectivity index (χ3n) is 4.01. The summed E-state index contributed by atoms with van der Waals surface area (Å²) in [6.45, 7) is 9.20. The first kappa shape index (κ1) is 16.7. The average molecular weight is 306 g/mol. The fraction of sp³-hybridized carbons (Fsp3) is 0.688. The normalized spacial score (nSPS) is 20.3. The zero-order valence-electron chi connectivity index (χ0n) is 14.1. The quantitative estimate of drug-likeness (QED) is 0.858. The molecule has 2 rings (SSSR count). The number of carbonyl (C=O) groups excluding carboxylic acids is 1. The number of likely N-dealkylation sites (tertiary alicyclic amines) is 1. The molecule has 1 fully saturated rings. The van der Waals surface area contributed by atoms with Crippen molar-refractivity contribution >= 4 is 6.09 Å². The van der Waals surface area contributed by atoms with Gasteiger partial charge in [-0.05, 0) is 41.2 Å². The number of likely N-dealkylation sites (N-methyl/N-ethyl adjacent to an activating group) is 1. The van der Waals surface area contributed by atoms with Gasteiger partial charge in [-0.15, -0.1) is 0 Å². The van der Waals surface area contributed by atoms with Gasteiger partial charge in [0.25, 0.3) is 0 Å². The molecule has 1 aliphatic rings. The van der Waals surface area contributed by atoms with Gasteiger partial charge in [0.05, 0.1) is 11.7 Å². The van der Waals surface area contributed by atoms with E-state index < -0.39 is 5.60 Å². The molecule has 1 aromatic heterocycles.